The molecule has 1 aliphatic heterocycles. The van der Waals surface area contributed by atoms with Crippen molar-refractivity contribution in [2.24, 2.45) is 0 Å². The number of morpholine rings is 1. The van der Waals surface area contributed by atoms with E-state index >= 15 is 0 Å². The number of nitrogen functional groups attached to an aromatic ring is 1. The van der Waals surface area contributed by atoms with Gasteiger partial charge in [0, 0.05) is 18.0 Å². The molecule has 0 radical (unpaired) electrons. The van der Waals surface area contributed by atoms with Crippen LogP contribution in [-0.2, 0) is 4.74 Å². The normalized spacial score (nSPS) is 19.5. The molecule has 2 rings (SSSR count). The van der Waals surface area contributed by atoms with E-state index in [-0.39, 0.29) is 5.92 Å². The molecule has 19 heavy (non-hydrogen) atoms. The van der Waals surface area contributed by atoms with Gasteiger partial charge in [0.25, 0.3) is 0 Å². The molecule has 6 nitrogen and oxygen atoms in total. The molecule has 2 heterocycles. The highest BCUT2D eigenvalue weighted by molar-refractivity contribution is 5.57. The van der Waals surface area contributed by atoms with Crippen LogP contribution in [-0.4, -0.2) is 35.8 Å². The molecule has 102 valence electrons. The van der Waals surface area contributed by atoms with Gasteiger partial charge in [-0.05, 0) is 6.92 Å². The molecular formula is C13H19N5O. The summed E-state index contributed by atoms with van der Waals surface area (Å²) in [4.78, 5) is 11.0. The molecular weight excluding hydrogens is 242 g/mol. The Morgan fingerprint density at radius 1 is 1.47 bits per heavy atom. The van der Waals surface area contributed by atoms with Gasteiger partial charge in [0.05, 0.1) is 19.2 Å². The average molecular weight is 261 g/mol. The first kappa shape index (κ1) is 13.6. The summed E-state index contributed by atoms with van der Waals surface area (Å²) in [5.74, 6) is 2.28. The largest absolute Gasteiger partial charge is 0.383 e. The maximum atomic E-state index is 8.96. The van der Waals surface area contributed by atoms with Crippen molar-refractivity contribution in [1.29, 1.82) is 5.26 Å². The van der Waals surface area contributed by atoms with E-state index in [4.69, 9.17) is 15.7 Å². The number of aromatic nitrogens is 2. The summed E-state index contributed by atoms with van der Waals surface area (Å²) >= 11 is 0. The molecule has 1 unspecified atom stereocenters. The molecule has 0 bridgehead atoms. The van der Waals surface area contributed by atoms with Crippen molar-refractivity contribution in [2.75, 3.05) is 30.3 Å². The van der Waals surface area contributed by atoms with E-state index in [1.165, 1.54) is 0 Å². The number of hydrogen-bond donors (Lipinski definition) is 1. The minimum absolute atomic E-state index is 0.217. The van der Waals surface area contributed by atoms with Gasteiger partial charge in [0.1, 0.15) is 17.5 Å². The number of anilines is 2. The van der Waals surface area contributed by atoms with Crippen LogP contribution in [0.25, 0.3) is 0 Å². The summed E-state index contributed by atoms with van der Waals surface area (Å²) in [6.45, 7) is 7.74. The first-order chi connectivity index (χ1) is 9.02. The number of nitrogens with zero attached hydrogens (tertiary/aromatic N) is 4. The Morgan fingerprint density at radius 3 is 2.84 bits per heavy atom. The maximum absolute atomic E-state index is 8.96. The van der Waals surface area contributed by atoms with Gasteiger partial charge in [-0.1, -0.05) is 13.8 Å². The van der Waals surface area contributed by atoms with E-state index in [2.05, 4.69) is 20.9 Å². The number of nitrogens with two attached hydrogens (primary N) is 1. The zero-order valence-corrected chi connectivity index (χ0v) is 11.6. The van der Waals surface area contributed by atoms with Crippen LogP contribution in [0.2, 0.25) is 0 Å². The number of hydrogen-bond acceptors (Lipinski definition) is 6. The van der Waals surface area contributed by atoms with Crippen molar-refractivity contribution < 1.29 is 4.74 Å². The zero-order valence-electron chi connectivity index (χ0n) is 11.6. The summed E-state index contributed by atoms with van der Waals surface area (Å²) in [6, 6.07) is 2.14. The molecule has 0 aromatic carbocycles. The second-order valence-corrected chi connectivity index (χ2v) is 5.00. The summed E-state index contributed by atoms with van der Waals surface area (Å²) < 4.78 is 5.35. The van der Waals surface area contributed by atoms with Crippen LogP contribution < -0.4 is 10.6 Å². The molecule has 0 amide bonds. The lowest BCUT2D eigenvalue weighted by molar-refractivity contribution is 0.0761. The highest BCUT2D eigenvalue weighted by atomic mass is 16.5. The summed E-state index contributed by atoms with van der Waals surface area (Å²) in [5.41, 5.74) is 6.82. The van der Waals surface area contributed by atoms with Crippen molar-refractivity contribution in [1.82, 2.24) is 9.97 Å². The molecule has 1 aliphatic rings. The van der Waals surface area contributed by atoms with E-state index in [1.54, 1.807) is 0 Å². The molecule has 1 fully saturated rings. The molecule has 6 heteroatoms. The third-order valence-corrected chi connectivity index (χ3v) is 3.20. The monoisotopic (exact) mass is 261 g/mol. The van der Waals surface area contributed by atoms with E-state index < -0.39 is 6.10 Å². The van der Waals surface area contributed by atoms with Crippen molar-refractivity contribution in [3.05, 3.63) is 11.4 Å². The highest BCUT2D eigenvalue weighted by Crippen LogP contribution is 2.25. The van der Waals surface area contributed by atoms with Crippen LogP contribution in [0.15, 0.2) is 0 Å². The molecule has 1 atom stereocenters. The Balaban J connectivity index is 2.35. The second kappa shape index (κ2) is 5.41. The van der Waals surface area contributed by atoms with E-state index in [0.29, 0.717) is 25.5 Å². The third kappa shape index (κ3) is 2.76. The number of rotatable bonds is 2. The number of ether oxygens (including phenoxy) is 1. The predicted octanol–water partition coefficient (Wildman–Crippen LogP) is 1.22. The lowest BCUT2D eigenvalue weighted by Gasteiger charge is -2.32. The second-order valence-electron chi connectivity index (χ2n) is 5.00. The van der Waals surface area contributed by atoms with Crippen LogP contribution in [0, 0.1) is 18.3 Å². The van der Waals surface area contributed by atoms with E-state index in [1.807, 2.05) is 20.8 Å². The fourth-order valence-corrected chi connectivity index (χ4v) is 2.03. The van der Waals surface area contributed by atoms with Gasteiger partial charge in [-0.2, -0.15) is 5.26 Å². The van der Waals surface area contributed by atoms with Crippen LogP contribution in [0.3, 0.4) is 0 Å². The molecule has 0 aliphatic carbocycles. The summed E-state index contributed by atoms with van der Waals surface area (Å²) in [5, 5.41) is 8.96. The van der Waals surface area contributed by atoms with Gasteiger partial charge >= 0.3 is 0 Å². The standard InChI is InChI=1S/C13H19N5O/c1-8(2)12-16-11(15)9(3)13(17-12)18-4-5-19-10(6-14)7-18/h8,10H,4-5,7H2,1-3H3,(H2,15,16,17). The van der Waals surface area contributed by atoms with Gasteiger partial charge in [0.15, 0.2) is 6.10 Å². The molecule has 0 saturated carbocycles. The summed E-state index contributed by atoms with van der Waals surface area (Å²) in [6.07, 6.45) is -0.410. The molecule has 1 aromatic heterocycles. The molecule has 1 saturated heterocycles. The lowest BCUT2D eigenvalue weighted by atomic mass is 10.2. The first-order valence-electron chi connectivity index (χ1n) is 6.43. The Bertz CT molecular complexity index is 508. The third-order valence-electron chi connectivity index (χ3n) is 3.20. The SMILES string of the molecule is Cc1c(N)nc(C(C)C)nc1N1CCOC(C#N)C1. The fourth-order valence-electron chi connectivity index (χ4n) is 2.03. The Morgan fingerprint density at radius 2 is 2.21 bits per heavy atom. The quantitative estimate of drug-likeness (QED) is 0.861. The van der Waals surface area contributed by atoms with Gasteiger partial charge in [-0.15, -0.1) is 0 Å². The zero-order chi connectivity index (χ0) is 14.0. The van der Waals surface area contributed by atoms with E-state index in [0.717, 1.165) is 17.2 Å². The molecule has 1 aromatic rings. The smallest absolute Gasteiger partial charge is 0.161 e. The van der Waals surface area contributed by atoms with Crippen LogP contribution in [0.4, 0.5) is 11.6 Å². The van der Waals surface area contributed by atoms with Gasteiger partial charge in [-0.25, -0.2) is 9.97 Å². The molecule has 0 spiro atoms. The Labute approximate surface area is 113 Å². The maximum Gasteiger partial charge on any atom is 0.161 e. The van der Waals surface area contributed by atoms with Crippen LogP contribution in [0.5, 0.6) is 0 Å². The van der Waals surface area contributed by atoms with Crippen molar-refractivity contribution in [3.63, 3.8) is 0 Å². The first-order valence-corrected chi connectivity index (χ1v) is 6.43. The van der Waals surface area contributed by atoms with Crippen LogP contribution in [0.1, 0.15) is 31.2 Å². The minimum Gasteiger partial charge on any atom is -0.383 e. The lowest BCUT2D eigenvalue weighted by Crippen LogP contribution is -2.42. The van der Waals surface area contributed by atoms with Crippen LogP contribution >= 0.6 is 0 Å². The minimum atomic E-state index is -0.410. The Hall–Kier alpha value is -1.87. The van der Waals surface area contributed by atoms with Crippen molar-refractivity contribution >= 4 is 11.6 Å². The average Bonchev–Trinajstić information content (AvgIpc) is 2.41. The van der Waals surface area contributed by atoms with Gasteiger partial charge in [-0.3, -0.25) is 0 Å². The fraction of sp³-hybridized carbons (Fsp3) is 0.615. The Kier molecular flexibility index (Phi) is 3.86. The predicted molar refractivity (Wildman–Crippen MR) is 72.8 cm³/mol. The van der Waals surface area contributed by atoms with Crippen molar-refractivity contribution in [3.8, 4) is 6.07 Å². The summed E-state index contributed by atoms with van der Waals surface area (Å²) in [7, 11) is 0. The highest BCUT2D eigenvalue weighted by Gasteiger charge is 2.24. The van der Waals surface area contributed by atoms with Gasteiger partial charge < -0.3 is 15.4 Å². The molecule has 2 N–H and O–H groups in total. The topological polar surface area (TPSA) is 88.1 Å². The van der Waals surface area contributed by atoms with Gasteiger partial charge in [0.2, 0.25) is 0 Å². The number of nitriles is 1. The van der Waals surface area contributed by atoms with E-state index in [9.17, 15) is 0 Å². The van der Waals surface area contributed by atoms with Crippen molar-refractivity contribution in [2.45, 2.75) is 32.8 Å².